The summed E-state index contributed by atoms with van der Waals surface area (Å²) in [7, 11) is 0. The summed E-state index contributed by atoms with van der Waals surface area (Å²) < 4.78 is 4.61. The van der Waals surface area contributed by atoms with Crippen LogP contribution in [0.25, 0.3) is 0 Å². The van der Waals surface area contributed by atoms with Gasteiger partial charge in [0.1, 0.15) is 11.4 Å². The van der Waals surface area contributed by atoms with E-state index in [4.69, 9.17) is 0 Å². The van der Waals surface area contributed by atoms with Gasteiger partial charge in [-0.3, -0.25) is 0 Å². The third kappa shape index (κ3) is 1.72. The van der Waals surface area contributed by atoms with Gasteiger partial charge in [0.15, 0.2) is 0 Å². The van der Waals surface area contributed by atoms with Crippen molar-refractivity contribution in [3.05, 3.63) is 11.4 Å². The molecule has 0 saturated heterocycles. The maximum absolute atomic E-state index is 9.60. The van der Waals surface area contributed by atoms with E-state index in [-0.39, 0.29) is 6.10 Å². The van der Waals surface area contributed by atoms with Crippen LogP contribution in [0.2, 0.25) is 0 Å². The molecule has 1 fully saturated rings. The quantitative estimate of drug-likeness (QED) is 0.743. The molecule has 1 saturated carbocycles. The summed E-state index contributed by atoms with van der Waals surface area (Å²) in [6.07, 6.45) is 3.78. The molecule has 1 aliphatic carbocycles. The first kappa shape index (κ1) is 8.69. The van der Waals surface area contributed by atoms with Crippen LogP contribution >= 0.6 is 0 Å². The predicted molar refractivity (Wildman–Crippen MR) is 46.1 cm³/mol. The number of aryl methyl sites for hydroxylation is 1. The number of aromatic nitrogens is 2. The van der Waals surface area contributed by atoms with E-state index < -0.39 is 0 Å². The molecule has 1 aromatic rings. The van der Waals surface area contributed by atoms with Crippen molar-refractivity contribution >= 4 is 0 Å². The SMILES string of the molecule is Cc1nonc1CC1CCCC1O. The maximum Gasteiger partial charge on any atom is 0.108 e. The van der Waals surface area contributed by atoms with E-state index in [0.717, 1.165) is 37.1 Å². The largest absolute Gasteiger partial charge is 0.393 e. The van der Waals surface area contributed by atoms with E-state index in [1.165, 1.54) is 0 Å². The normalized spacial score (nSPS) is 28.2. The second-order valence-electron chi connectivity index (χ2n) is 3.76. The summed E-state index contributed by atoms with van der Waals surface area (Å²) in [5, 5.41) is 17.1. The Morgan fingerprint density at radius 1 is 1.46 bits per heavy atom. The smallest absolute Gasteiger partial charge is 0.108 e. The molecular formula is C9H14N2O2. The van der Waals surface area contributed by atoms with E-state index in [1.54, 1.807) is 0 Å². The Labute approximate surface area is 76.9 Å². The molecule has 0 aromatic carbocycles. The van der Waals surface area contributed by atoms with E-state index >= 15 is 0 Å². The molecular weight excluding hydrogens is 168 g/mol. The van der Waals surface area contributed by atoms with Crippen LogP contribution in [0, 0.1) is 12.8 Å². The second kappa shape index (κ2) is 3.46. The summed E-state index contributed by atoms with van der Waals surface area (Å²) in [5.41, 5.74) is 1.74. The zero-order chi connectivity index (χ0) is 9.26. The number of aliphatic hydroxyl groups is 1. The number of nitrogens with zero attached hydrogens (tertiary/aromatic N) is 2. The highest BCUT2D eigenvalue weighted by molar-refractivity contribution is 5.06. The third-order valence-electron chi connectivity index (χ3n) is 2.82. The first-order valence-electron chi connectivity index (χ1n) is 4.73. The van der Waals surface area contributed by atoms with Crippen LogP contribution in [0.15, 0.2) is 4.63 Å². The first-order chi connectivity index (χ1) is 6.27. The average molecular weight is 182 g/mol. The summed E-state index contributed by atoms with van der Waals surface area (Å²) in [4.78, 5) is 0. The predicted octanol–water partition coefficient (Wildman–Crippen LogP) is 1.08. The van der Waals surface area contributed by atoms with Gasteiger partial charge < -0.3 is 5.11 Å². The van der Waals surface area contributed by atoms with E-state index in [2.05, 4.69) is 14.9 Å². The fourth-order valence-electron chi connectivity index (χ4n) is 1.94. The Bertz CT molecular complexity index is 285. The molecule has 1 aromatic heterocycles. The summed E-state index contributed by atoms with van der Waals surface area (Å²) in [6, 6.07) is 0. The van der Waals surface area contributed by atoms with Gasteiger partial charge in [-0.1, -0.05) is 16.7 Å². The van der Waals surface area contributed by atoms with Crippen molar-refractivity contribution in [2.24, 2.45) is 5.92 Å². The van der Waals surface area contributed by atoms with Gasteiger partial charge in [-0.15, -0.1) is 0 Å². The topological polar surface area (TPSA) is 59.2 Å². The third-order valence-corrected chi connectivity index (χ3v) is 2.82. The van der Waals surface area contributed by atoms with Crippen LogP contribution in [0.1, 0.15) is 30.7 Å². The molecule has 1 heterocycles. The number of hydrogen-bond acceptors (Lipinski definition) is 4. The maximum atomic E-state index is 9.60. The Balaban J connectivity index is 2.01. The van der Waals surface area contributed by atoms with Crippen molar-refractivity contribution in [1.82, 2.24) is 10.3 Å². The molecule has 2 atom stereocenters. The van der Waals surface area contributed by atoms with Crippen LogP contribution < -0.4 is 0 Å². The zero-order valence-electron chi connectivity index (χ0n) is 7.73. The molecule has 0 spiro atoms. The van der Waals surface area contributed by atoms with E-state index in [9.17, 15) is 5.11 Å². The molecule has 13 heavy (non-hydrogen) atoms. The van der Waals surface area contributed by atoms with Crippen LogP contribution in [0.4, 0.5) is 0 Å². The highest BCUT2D eigenvalue weighted by Gasteiger charge is 2.26. The van der Waals surface area contributed by atoms with Gasteiger partial charge >= 0.3 is 0 Å². The van der Waals surface area contributed by atoms with Crippen molar-refractivity contribution in [3.8, 4) is 0 Å². The lowest BCUT2D eigenvalue weighted by atomic mass is 9.99. The van der Waals surface area contributed by atoms with Crippen molar-refractivity contribution in [3.63, 3.8) is 0 Å². The lowest BCUT2D eigenvalue weighted by molar-refractivity contribution is 0.131. The van der Waals surface area contributed by atoms with Gasteiger partial charge in [-0.25, -0.2) is 4.63 Å². The molecule has 2 unspecified atom stereocenters. The Morgan fingerprint density at radius 2 is 2.31 bits per heavy atom. The Kier molecular flexibility index (Phi) is 2.31. The summed E-state index contributed by atoms with van der Waals surface area (Å²) in [6.45, 7) is 1.88. The molecule has 1 aliphatic rings. The highest BCUT2D eigenvalue weighted by Crippen LogP contribution is 2.28. The molecule has 2 rings (SSSR count). The first-order valence-corrected chi connectivity index (χ1v) is 4.73. The number of hydrogen-bond donors (Lipinski definition) is 1. The summed E-state index contributed by atoms with van der Waals surface area (Å²) >= 11 is 0. The van der Waals surface area contributed by atoms with Gasteiger partial charge in [-0.2, -0.15) is 0 Å². The van der Waals surface area contributed by atoms with Crippen LogP contribution in [-0.2, 0) is 6.42 Å². The van der Waals surface area contributed by atoms with Crippen molar-refractivity contribution in [2.75, 3.05) is 0 Å². The molecule has 1 N–H and O–H groups in total. The minimum atomic E-state index is -0.156. The minimum absolute atomic E-state index is 0.156. The number of rotatable bonds is 2. The highest BCUT2D eigenvalue weighted by atomic mass is 16.6. The van der Waals surface area contributed by atoms with E-state index in [0.29, 0.717) is 5.92 Å². The van der Waals surface area contributed by atoms with Gasteiger partial charge in [-0.05, 0) is 25.7 Å². The lowest BCUT2D eigenvalue weighted by Crippen LogP contribution is -2.16. The van der Waals surface area contributed by atoms with Crippen LogP contribution in [0.3, 0.4) is 0 Å². The molecule has 0 amide bonds. The van der Waals surface area contributed by atoms with Gasteiger partial charge in [0.05, 0.1) is 6.10 Å². The molecule has 4 nitrogen and oxygen atoms in total. The molecule has 4 heteroatoms. The van der Waals surface area contributed by atoms with Gasteiger partial charge in [0.2, 0.25) is 0 Å². The van der Waals surface area contributed by atoms with Crippen LogP contribution in [0.5, 0.6) is 0 Å². The zero-order valence-corrected chi connectivity index (χ0v) is 7.73. The monoisotopic (exact) mass is 182 g/mol. The molecule has 0 radical (unpaired) electrons. The van der Waals surface area contributed by atoms with Gasteiger partial charge in [0, 0.05) is 6.42 Å². The standard InChI is InChI=1S/C9H14N2O2/c1-6-8(11-13-10-6)5-7-3-2-4-9(7)12/h7,9,12H,2-5H2,1H3. The number of aliphatic hydroxyl groups excluding tert-OH is 1. The second-order valence-corrected chi connectivity index (χ2v) is 3.76. The molecule has 72 valence electrons. The van der Waals surface area contributed by atoms with Crippen molar-refractivity contribution in [2.45, 2.75) is 38.7 Å². The Morgan fingerprint density at radius 3 is 2.85 bits per heavy atom. The summed E-state index contributed by atoms with van der Waals surface area (Å²) in [5.74, 6) is 0.352. The average Bonchev–Trinajstić information content (AvgIpc) is 2.65. The molecule has 0 bridgehead atoms. The van der Waals surface area contributed by atoms with Crippen molar-refractivity contribution in [1.29, 1.82) is 0 Å². The van der Waals surface area contributed by atoms with Crippen molar-refractivity contribution < 1.29 is 9.74 Å². The van der Waals surface area contributed by atoms with Crippen LogP contribution in [-0.4, -0.2) is 21.5 Å². The Hall–Kier alpha value is -0.900. The fraction of sp³-hybridized carbons (Fsp3) is 0.778. The van der Waals surface area contributed by atoms with E-state index in [1.807, 2.05) is 6.92 Å². The fourth-order valence-corrected chi connectivity index (χ4v) is 1.94. The molecule has 0 aliphatic heterocycles. The van der Waals surface area contributed by atoms with Gasteiger partial charge in [0.25, 0.3) is 0 Å². The lowest BCUT2D eigenvalue weighted by Gasteiger charge is -2.11. The minimum Gasteiger partial charge on any atom is -0.393 e.